The standard InChI is InChI=1S/C15H26N2S/c1-3-16-15-9-5-4-7-13(15)11-17(2)12-14-8-6-10-18-14/h6,8,10,13,15-16H,3-5,7,9,11-12H2,1-2H3. The zero-order valence-electron chi connectivity index (χ0n) is 11.7. The first-order valence-corrected chi connectivity index (χ1v) is 8.12. The molecule has 2 atom stereocenters. The van der Waals surface area contributed by atoms with Crippen molar-refractivity contribution in [2.45, 2.75) is 45.2 Å². The maximum atomic E-state index is 3.67. The molecule has 1 N–H and O–H groups in total. The highest BCUT2D eigenvalue weighted by Gasteiger charge is 2.25. The normalized spacial score (nSPS) is 24.6. The van der Waals surface area contributed by atoms with E-state index in [1.165, 1.54) is 37.1 Å². The lowest BCUT2D eigenvalue weighted by Gasteiger charge is -2.34. The van der Waals surface area contributed by atoms with Gasteiger partial charge in [0, 0.05) is 24.0 Å². The molecule has 2 rings (SSSR count). The zero-order valence-corrected chi connectivity index (χ0v) is 12.5. The second-order valence-corrected chi connectivity index (χ2v) is 6.52. The van der Waals surface area contributed by atoms with E-state index in [0.717, 1.165) is 25.0 Å². The second-order valence-electron chi connectivity index (χ2n) is 5.48. The average molecular weight is 266 g/mol. The molecule has 0 aliphatic heterocycles. The minimum absolute atomic E-state index is 0.745. The summed E-state index contributed by atoms with van der Waals surface area (Å²) >= 11 is 1.87. The van der Waals surface area contributed by atoms with Crippen LogP contribution in [0.2, 0.25) is 0 Å². The predicted molar refractivity (Wildman–Crippen MR) is 80.1 cm³/mol. The fraction of sp³-hybridized carbons (Fsp3) is 0.733. The Labute approximate surface area is 115 Å². The van der Waals surface area contributed by atoms with E-state index in [-0.39, 0.29) is 0 Å². The highest BCUT2D eigenvalue weighted by atomic mass is 32.1. The lowest BCUT2D eigenvalue weighted by molar-refractivity contribution is 0.187. The molecule has 1 saturated carbocycles. The predicted octanol–water partition coefficient (Wildman–Crippen LogP) is 3.35. The van der Waals surface area contributed by atoms with E-state index in [4.69, 9.17) is 0 Å². The summed E-state index contributed by atoms with van der Waals surface area (Å²) in [5, 5.41) is 5.85. The van der Waals surface area contributed by atoms with Gasteiger partial charge in [-0.2, -0.15) is 0 Å². The average Bonchev–Trinajstić information content (AvgIpc) is 2.84. The van der Waals surface area contributed by atoms with Gasteiger partial charge < -0.3 is 10.2 Å². The van der Waals surface area contributed by atoms with Crippen molar-refractivity contribution in [3.63, 3.8) is 0 Å². The molecule has 2 unspecified atom stereocenters. The molecule has 1 aliphatic carbocycles. The largest absolute Gasteiger partial charge is 0.314 e. The molecule has 0 amide bonds. The number of thiophene rings is 1. The Morgan fingerprint density at radius 3 is 2.94 bits per heavy atom. The first-order valence-electron chi connectivity index (χ1n) is 7.24. The topological polar surface area (TPSA) is 15.3 Å². The molecule has 0 aromatic carbocycles. The van der Waals surface area contributed by atoms with Gasteiger partial charge in [-0.25, -0.2) is 0 Å². The molecule has 1 heterocycles. The van der Waals surface area contributed by atoms with Crippen molar-refractivity contribution >= 4 is 11.3 Å². The second kappa shape index (κ2) is 7.27. The molecule has 0 saturated heterocycles. The van der Waals surface area contributed by atoms with E-state index in [0.29, 0.717) is 0 Å². The van der Waals surface area contributed by atoms with E-state index >= 15 is 0 Å². The monoisotopic (exact) mass is 266 g/mol. The van der Waals surface area contributed by atoms with Crippen LogP contribution in [0, 0.1) is 5.92 Å². The van der Waals surface area contributed by atoms with Crippen LogP contribution in [-0.4, -0.2) is 31.1 Å². The van der Waals surface area contributed by atoms with Gasteiger partial charge in [-0.15, -0.1) is 11.3 Å². The summed E-state index contributed by atoms with van der Waals surface area (Å²) in [5.41, 5.74) is 0. The van der Waals surface area contributed by atoms with Crippen molar-refractivity contribution in [2.75, 3.05) is 20.1 Å². The van der Waals surface area contributed by atoms with Crippen molar-refractivity contribution in [1.29, 1.82) is 0 Å². The van der Waals surface area contributed by atoms with Crippen LogP contribution in [0.5, 0.6) is 0 Å². The highest BCUT2D eigenvalue weighted by Crippen LogP contribution is 2.25. The maximum Gasteiger partial charge on any atom is 0.0324 e. The van der Waals surface area contributed by atoms with Gasteiger partial charge in [-0.3, -0.25) is 0 Å². The third kappa shape index (κ3) is 4.08. The van der Waals surface area contributed by atoms with Crippen molar-refractivity contribution in [3.8, 4) is 0 Å². The Bertz CT molecular complexity index is 321. The third-order valence-corrected chi connectivity index (χ3v) is 4.79. The Kier molecular flexibility index (Phi) is 5.67. The summed E-state index contributed by atoms with van der Waals surface area (Å²) in [6.45, 7) is 5.67. The SMILES string of the molecule is CCNC1CCCCC1CN(C)Cc1cccs1. The minimum Gasteiger partial charge on any atom is -0.314 e. The molecule has 102 valence electrons. The number of hydrogen-bond donors (Lipinski definition) is 1. The van der Waals surface area contributed by atoms with Crippen molar-refractivity contribution < 1.29 is 0 Å². The van der Waals surface area contributed by atoms with E-state index in [1.54, 1.807) is 0 Å². The summed E-state index contributed by atoms with van der Waals surface area (Å²) < 4.78 is 0. The van der Waals surface area contributed by atoms with Crippen LogP contribution >= 0.6 is 11.3 Å². The molecule has 3 heteroatoms. The van der Waals surface area contributed by atoms with Crippen molar-refractivity contribution in [1.82, 2.24) is 10.2 Å². The van der Waals surface area contributed by atoms with Gasteiger partial charge in [0.2, 0.25) is 0 Å². The summed E-state index contributed by atoms with van der Waals surface area (Å²) in [5.74, 6) is 0.837. The Balaban J connectivity index is 1.82. The van der Waals surface area contributed by atoms with Gasteiger partial charge in [0.1, 0.15) is 0 Å². The first kappa shape index (κ1) is 14.0. The Morgan fingerprint density at radius 1 is 1.39 bits per heavy atom. The van der Waals surface area contributed by atoms with Gasteiger partial charge in [0.05, 0.1) is 0 Å². The van der Waals surface area contributed by atoms with Crippen LogP contribution in [-0.2, 0) is 6.54 Å². The Morgan fingerprint density at radius 2 is 2.22 bits per heavy atom. The fourth-order valence-corrected chi connectivity index (χ4v) is 3.87. The fourth-order valence-electron chi connectivity index (χ4n) is 3.09. The van der Waals surface area contributed by atoms with Crippen LogP contribution in [0.15, 0.2) is 17.5 Å². The highest BCUT2D eigenvalue weighted by molar-refractivity contribution is 7.09. The third-order valence-electron chi connectivity index (χ3n) is 3.93. The van der Waals surface area contributed by atoms with Crippen LogP contribution in [0.25, 0.3) is 0 Å². The number of nitrogens with one attached hydrogen (secondary N) is 1. The molecule has 18 heavy (non-hydrogen) atoms. The Hall–Kier alpha value is -0.380. The zero-order chi connectivity index (χ0) is 12.8. The molecule has 2 nitrogen and oxygen atoms in total. The van der Waals surface area contributed by atoms with Crippen LogP contribution in [0.1, 0.15) is 37.5 Å². The quantitative estimate of drug-likeness (QED) is 0.849. The van der Waals surface area contributed by atoms with Crippen molar-refractivity contribution in [2.24, 2.45) is 5.92 Å². The molecule has 1 aliphatic rings. The van der Waals surface area contributed by atoms with Gasteiger partial charge in [-0.1, -0.05) is 25.8 Å². The molecular weight excluding hydrogens is 240 g/mol. The lowest BCUT2D eigenvalue weighted by atomic mass is 9.84. The summed E-state index contributed by atoms with van der Waals surface area (Å²) in [6, 6.07) is 5.13. The van der Waals surface area contributed by atoms with E-state index in [2.05, 4.69) is 41.7 Å². The molecule has 0 radical (unpaired) electrons. The molecule has 1 aromatic heterocycles. The van der Waals surface area contributed by atoms with Crippen LogP contribution < -0.4 is 5.32 Å². The summed E-state index contributed by atoms with van der Waals surface area (Å²) in [7, 11) is 2.26. The minimum atomic E-state index is 0.745. The van der Waals surface area contributed by atoms with Crippen LogP contribution in [0.3, 0.4) is 0 Å². The maximum absolute atomic E-state index is 3.67. The number of nitrogens with zero attached hydrogens (tertiary/aromatic N) is 1. The van der Waals surface area contributed by atoms with Gasteiger partial charge in [0.25, 0.3) is 0 Å². The van der Waals surface area contributed by atoms with Gasteiger partial charge >= 0.3 is 0 Å². The molecular formula is C15H26N2S. The molecule has 0 bridgehead atoms. The van der Waals surface area contributed by atoms with Crippen molar-refractivity contribution in [3.05, 3.63) is 22.4 Å². The summed E-state index contributed by atoms with van der Waals surface area (Å²) in [4.78, 5) is 3.97. The number of hydrogen-bond acceptors (Lipinski definition) is 3. The smallest absolute Gasteiger partial charge is 0.0324 e. The first-order chi connectivity index (χ1) is 8.79. The van der Waals surface area contributed by atoms with E-state index in [9.17, 15) is 0 Å². The van der Waals surface area contributed by atoms with Gasteiger partial charge in [0.15, 0.2) is 0 Å². The lowest BCUT2D eigenvalue weighted by Crippen LogP contribution is -2.43. The molecule has 1 fully saturated rings. The molecule has 0 spiro atoms. The van der Waals surface area contributed by atoms with E-state index in [1.807, 2.05) is 11.3 Å². The summed E-state index contributed by atoms with van der Waals surface area (Å²) in [6.07, 6.45) is 5.58. The van der Waals surface area contributed by atoms with Gasteiger partial charge in [-0.05, 0) is 43.8 Å². The van der Waals surface area contributed by atoms with Crippen LogP contribution in [0.4, 0.5) is 0 Å². The number of rotatable bonds is 6. The molecule has 1 aromatic rings. The van der Waals surface area contributed by atoms with E-state index < -0.39 is 0 Å².